The average molecular weight is 535 g/mol. The maximum absolute atomic E-state index is 15.3. The molecule has 0 bridgehead atoms. The summed E-state index contributed by atoms with van der Waals surface area (Å²) in [4.78, 5) is 28.7. The van der Waals surface area contributed by atoms with E-state index in [0.29, 0.717) is 30.0 Å². The highest BCUT2D eigenvalue weighted by Gasteiger charge is 2.31. The quantitative estimate of drug-likeness (QED) is 0.366. The van der Waals surface area contributed by atoms with Gasteiger partial charge < -0.3 is 24.5 Å². The van der Waals surface area contributed by atoms with Crippen molar-refractivity contribution in [2.45, 2.75) is 31.7 Å². The number of rotatable bonds is 6. The Morgan fingerprint density at radius 2 is 1.90 bits per heavy atom. The maximum atomic E-state index is 15.3. The van der Waals surface area contributed by atoms with Gasteiger partial charge in [0, 0.05) is 61.8 Å². The molecule has 0 radical (unpaired) electrons. The number of carboxylic acids is 1. The zero-order valence-electron chi connectivity index (χ0n) is 21.8. The van der Waals surface area contributed by atoms with E-state index in [9.17, 15) is 19.9 Å². The minimum atomic E-state index is -1.30. The number of anilines is 1. The molecule has 2 N–H and O–H groups in total. The van der Waals surface area contributed by atoms with Crippen LogP contribution in [-0.4, -0.2) is 71.3 Å². The minimum Gasteiger partial charge on any atom is -0.497 e. The maximum Gasteiger partial charge on any atom is 0.341 e. The normalized spacial score (nSPS) is 20.8. The molecular formula is C29H31FN4O5. The summed E-state index contributed by atoms with van der Waals surface area (Å²) in [6.45, 7) is 3.40. The number of benzene rings is 2. The van der Waals surface area contributed by atoms with Gasteiger partial charge in [-0.1, -0.05) is 5.16 Å². The highest BCUT2D eigenvalue weighted by molar-refractivity contribution is 6.04. The van der Waals surface area contributed by atoms with Crippen LogP contribution in [0.4, 0.5) is 10.1 Å². The second-order valence-corrected chi connectivity index (χ2v) is 10.7. The number of aryl methyl sites for hydroxylation is 1. The summed E-state index contributed by atoms with van der Waals surface area (Å²) in [5.41, 5.74) is 2.80. The van der Waals surface area contributed by atoms with E-state index in [1.165, 1.54) is 12.3 Å². The summed E-state index contributed by atoms with van der Waals surface area (Å²) in [5.74, 6) is -0.936. The Bertz CT molecular complexity index is 1540. The van der Waals surface area contributed by atoms with Crippen LogP contribution in [0.5, 0.6) is 5.75 Å². The second kappa shape index (κ2) is 10.00. The van der Waals surface area contributed by atoms with Gasteiger partial charge in [0.2, 0.25) is 5.43 Å². The molecule has 1 atom stereocenters. The number of oxime groups is 1. The zero-order chi connectivity index (χ0) is 27.3. The van der Waals surface area contributed by atoms with Crippen molar-refractivity contribution >= 4 is 28.3 Å². The van der Waals surface area contributed by atoms with E-state index in [-0.39, 0.29) is 22.9 Å². The van der Waals surface area contributed by atoms with Gasteiger partial charge in [0.25, 0.3) is 0 Å². The smallest absolute Gasteiger partial charge is 0.341 e. The Morgan fingerprint density at radius 1 is 1.13 bits per heavy atom. The third-order valence-corrected chi connectivity index (χ3v) is 8.31. The molecule has 9 nitrogen and oxygen atoms in total. The van der Waals surface area contributed by atoms with Crippen molar-refractivity contribution in [2.75, 3.05) is 44.7 Å². The number of ether oxygens (including phenoxy) is 1. The molecule has 3 aliphatic rings. The number of piperazine rings is 1. The lowest BCUT2D eigenvalue weighted by molar-refractivity contribution is 0.0695. The number of aromatic nitrogens is 1. The van der Waals surface area contributed by atoms with Gasteiger partial charge in [0.05, 0.1) is 24.0 Å². The van der Waals surface area contributed by atoms with Gasteiger partial charge in [-0.2, -0.15) is 0 Å². The molecule has 1 unspecified atom stereocenters. The van der Waals surface area contributed by atoms with E-state index in [2.05, 4.69) is 10.1 Å². The summed E-state index contributed by atoms with van der Waals surface area (Å²) in [6.07, 6.45) is 4.96. The molecular weight excluding hydrogens is 503 g/mol. The molecule has 0 spiro atoms. The Kier molecular flexibility index (Phi) is 6.50. The van der Waals surface area contributed by atoms with Crippen LogP contribution < -0.4 is 15.1 Å². The SMILES string of the molecule is COc1ccc2c(c1)CCC(CN1CCN(c3cc4c(cc3F)c(=O)c(C(=O)O)cn4C3CC3)CC1)/C2=N/O. The number of carboxylic acid groups (broad SMARTS) is 1. The number of fused-ring (bicyclic) bond motifs is 2. The van der Waals surface area contributed by atoms with Crippen molar-refractivity contribution in [3.63, 3.8) is 0 Å². The Labute approximate surface area is 224 Å². The largest absolute Gasteiger partial charge is 0.497 e. The first-order chi connectivity index (χ1) is 18.9. The summed E-state index contributed by atoms with van der Waals surface area (Å²) in [6, 6.07) is 8.87. The first kappa shape index (κ1) is 25.4. The fraction of sp³-hybridized carbons (Fsp3) is 0.414. The molecule has 1 aromatic heterocycles. The van der Waals surface area contributed by atoms with Crippen LogP contribution in [0, 0.1) is 11.7 Å². The van der Waals surface area contributed by atoms with Gasteiger partial charge in [0.15, 0.2) is 0 Å². The molecule has 1 saturated heterocycles. The highest BCUT2D eigenvalue weighted by atomic mass is 19.1. The molecule has 39 heavy (non-hydrogen) atoms. The summed E-state index contributed by atoms with van der Waals surface area (Å²) in [7, 11) is 1.64. The average Bonchev–Trinajstić information content (AvgIpc) is 3.79. The molecule has 2 aromatic carbocycles. The van der Waals surface area contributed by atoms with Crippen molar-refractivity contribution in [2.24, 2.45) is 11.1 Å². The number of hydrogen-bond donors (Lipinski definition) is 2. The van der Waals surface area contributed by atoms with Crippen molar-refractivity contribution in [3.05, 3.63) is 69.3 Å². The Hall–Kier alpha value is -3.92. The van der Waals surface area contributed by atoms with Gasteiger partial charge in [0.1, 0.15) is 17.1 Å². The van der Waals surface area contributed by atoms with Crippen LogP contribution in [-0.2, 0) is 6.42 Å². The Balaban J connectivity index is 1.19. The summed E-state index contributed by atoms with van der Waals surface area (Å²) < 4.78 is 22.5. The molecule has 2 aliphatic carbocycles. The molecule has 3 aromatic rings. The lowest BCUT2D eigenvalue weighted by atomic mass is 9.81. The van der Waals surface area contributed by atoms with Crippen LogP contribution in [0.25, 0.3) is 10.9 Å². The van der Waals surface area contributed by atoms with Crippen LogP contribution in [0.2, 0.25) is 0 Å². The molecule has 2 fully saturated rings. The number of aromatic carboxylic acids is 1. The number of pyridine rings is 1. The van der Waals surface area contributed by atoms with E-state index >= 15 is 4.39 Å². The predicted octanol–water partition coefficient (Wildman–Crippen LogP) is 3.75. The van der Waals surface area contributed by atoms with E-state index in [1.54, 1.807) is 13.2 Å². The fourth-order valence-corrected chi connectivity index (χ4v) is 6.04. The molecule has 10 heteroatoms. The van der Waals surface area contributed by atoms with E-state index in [1.807, 2.05) is 27.7 Å². The zero-order valence-corrected chi connectivity index (χ0v) is 21.8. The number of nitrogens with zero attached hydrogens (tertiary/aromatic N) is 4. The predicted molar refractivity (Wildman–Crippen MR) is 145 cm³/mol. The molecule has 204 valence electrons. The van der Waals surface area contributed by atoms with Gasteiger partial charge in [-0.15, -0.1) is 0 Å². The molecule has 6 rings (SSSR count). The minimum absolute atomic E-state index is 0.0938. The van der Waals surface area contributed by atoms with Crippen molar-refractivity contribution in [1.82, 2.24) is 9.47 Å². The second-order valence-electron chi connectivity index (χ2n) is 10.7. The van der Waals surface area contributed by atoms with Gasteiger partial charge in [-0.05, 0) is 61.6 Å². The van der Waals surface area contributed by atoms with Gasteiger partial charge in [-0.25, -0.2) is 9.18 Å². The van der Waals surface area contributed by atoms with Gasteiger partial charge >= 0.3 is 5.97 Å². The fourth-order valence-electron chi connectivity index (χ4n) is 6.04. The first-order valence-electron chi connectivity index (χ1n) is 13.4. The first-order valence-corrected chi connectivity index (χ1v) is 13.4. The van der Waals surface area contributed by atoms with Gasteiger partial charge in [-0.3, -0.25) is 9.69 Å². The van der Waals surface area contributed by atoms with Crippen molar-refractivity contribution < 1.29 is 24.2 Å². The van der Waals surface area contributed by atoms with E-state index in [4.69, 9.17) is 4.74 Å². The third kappa shape index (κ3) is 4.63. The number of methoxy groups -OCH3 is 1. The van der Waals surface area contributed by atoms with Crippen LogP contribution in [0.1, 0.15) is 46.8 Å². The molecule has 2 heterocycles. The number of carbonyl (C=O) groups is 1. The van der Waals surface area contributed by atoms with E-state index in [0.717, 1.165) is 62.2 Å². The van der Waals surface area contributed by atoms with Crippen molar-refractivity contribution in [3.8, 4) is 5.75 Å². The standard InChI is InChI=1S/C29H31FN4O5/c1-39-20-6-7-21-17(12-20)2-3-18(27(21)31-38)15-32-8-10-33(11-9-32)26-14-25-22(13-24(26)30)28(35)23(29(36)37)16-34(25)19-4-5-19/h6-7,12-14,16,18-19,38H,2-5,8-11,15H2,1H3,(H,36,37)/b31-27-. The van der Waals surface area contributed by atoms with E-state index < -0.39 is 17.2 Å². The van der Waals surface area contributed by atoms with Crippen molar-refractivity contribution in [1.29, 1.82) is 0 Å². The molecule has 0 amide bonds. The lowest BCUT2D eigenvalue weighted by Crippen LogP contribution is -2.49. The van der Waals surface area contributed by atoms with Crippen LogP contribution in [0.15, 0.2) is 46.5 Å². The Morgan fingerprint density at radius 3 is 2.56 bits per heavy atom. The lowest BCUT2D eigenvalue weighted by Gasteiger charge is -2.38. The summed E-state index contributed by atoms with van der Waals surface area (Å²) in [5, 5.41) is 23.1. The summed E-state index contributed by atoms with van der Waals surface area (Å²) >= 11 is 0. The van der Waals surface area contributed by atoms with Crippen LogP contribution >= 0.6 is 0 Å². The highest BCUT2D eigenvalue weighted by Crippen LogP contribution is 2.38. The van der Waals surface area contributed by atoms with Crippen LogP contribution in [0.3, 0.4) is 0 Å². The topological polar surface area (TPSA) is 108 Å². The molecule has 1 saturated carbocycles. The molecule has 1 aliphatic heterocycles. The monoisotopic (exact) mass is 534 g/mol. The number of hydrogen-bond acceptors (Lipinski definition) is 7. The third-order valence-electron chi connectivity index (χ3n) is 8.31. The number of halogens is 1.